The normalized spacial score (nSPS) is 17.2. The molecule has 0 aromatic heterocycles. The molecule has 2 aromatic carbocycles. The second kappa shape index (κ2) is 7.92. The molecule has 1 aliphatic rings. The predicted molar refractivity (Wildman–Crippen MR) is 104 cm³/mol. The van der Waals surface area contributed by atoms with Gasteiger partial charge in [-0.3, -0.25) is 9.59 Å². The van der Waals surface area contributed by atoms with Crippen LogP contribution in [0.4, 0.5) is 5.69 Å². The van der Waals surface area contributed by atoms with Crippen LogP contribution in [0.2, 0.25) is 5.02 Å². The molecule has 2 aromatic rings. The number of rotatable bonds is 5. The molecule has 0 radical (unpaired) electrons. The molecule has 2 amide bonds. The first-order valence-electron chi connectivity index (χ1n) is 8.85. The lowest BCUT2D eigenvalue weighted by atomic mass is 9.89. The largest absolute Gasteiger partial charge is 0.339 e. The smallest absolute Gasteiger partial charge is 0.227 e. The van der Waals surface area contributed by atoms with Crippen LogP contribution in [0.5, 0.6) is 0 Å². The van der Waals surface area contributed by atoms with Crippen LogP contribution in [-0.4, -0.2) is 23.8 Å². The summed E-state index contributed by atoms with van der Waals surface area (Å²) in [5.74, 6) is -0.114. The number of nitrogens with one attached hydrogen (secondary N) is 1. The molecule has 136 valence electrons. The molecule has 1 heterocycles. The standard InChI is InChI=1S/C21H23ClN2O2/c1-14(15-7-10-18(22)11-8-15)24(2)20(25)12-9-17-13-16-5-3-4-6-19(16)23-21(17)26/h3-8,10-11,14,17H,9,12-13H2,1-2H3,(H,23,26). The van der Waals surface area contributed by atoms with Gasteiger partial charge in [-0.15, -0.1) is 0 Å². The number of hydrogen-bond donors (Lipinski definition) is 1. The zero-order valence-corrected chi connectivity index (χ0v) is 15.8. The summed E-state index contributed by atoms with van der Waals surface area (Å²) in [6.45, 7) is 1.99. The van der Waals surface area contributed by atoms with E-state index in [0.29, 0.717) is 24.3 Å². The van der Waals surface area contributed by atoms with E-state index >= 15 is 0 Å². The van der Waals surface area contributed by atoms with Gasteiger partial charge in [-0.2, -0.15) is 0 Å². The van der Waals surface area contributed by atoms with E-state index in [1.807, 2.05) is 55.5 Å². The Bertz CT molecular complexity index is 804. The number of amides is 2. The highest BCUT2D eigenvalue weighted by Gasteiger charge is 2.27. The average Bonchev–Trinajstić information content (AvgIpc) is 2.65. The van der Waals surface area contributed by atoms with Crippen LogP contribution in [0.25, 0.3) is 0 Å². The second-order valence-corrected chi connectivity index (χ2v) is 7.25. The number of hydrogen-bond acceptors (Lipinski definition) is 2. The van der Waals surface area contributed by atoms with Crippen molar-refractivity contribution in [1.82, 2.24) is 4.90 Å². The number of para-hydroxylation sites is 1. The van der Waals surface area contributed by atoms with Crippen LogP contribution in [0.3, 0.4) is 0 Å². The lowest BCUT2D eigenvalue weighted by Gasteiger charge is -2.27. The van der Waals surface area contributed by atoms with Gasteiger partial charge in [0, 0.05) is 30.1 Å². The number of halogens is 1. The van der Waals surface area contributed by atoms with Crippen molar-refractivity contribution in [2.75, 3.05) is 12.4 Å². The molecule has 1 N–H and O–H groups in total. The van der Waals surface area contributed by atoms with Gasteiger partial charge in [0.25, 0.3) is 0 Å². The van der Waals surface area contributed by atoms with Crippen molar-refractivity contribution >= 4 is 29.1 Å². The fraction of sp³-hybridized carbons (Fsp3) is 0.333. The number of fused-ring (bicyclic) bond motifs is 1. The minimum absolute atomic E-state index is 0.00454. The Hall–Kier alpha value is -2.33. The van der Waals surface area contributed by atoms with Crippen LogP contribution in [0, 0.1) is 5.92 Å². The first-order valence-corrected chi connectivity index (χ1v) is 9.23. The fourth-order valence-corrected chi connectivity index (χ4v) is 3.43. The van der Waals surface area contributed by atoms with Crippen LogP contribution < -0.4 is 5.32 Å². The van der Waals surface area contributed by atoms with Gasteiger partial charge in [-0.05, 0) is 49.1 Å². The molecule has 2 unspecified atom stereocenters. The average molecular weight is 371 g/mol. The molecule has 1 aliphatic heterocycles. The Kier molecular flexibility index (Phi) is 5.62. The molecular weight excluding hydrogens is 348 g/mol. The van der Waals surface area contributed by atoms with Crippen molar-refractivity contribution < 1.29 is 9.59 Å². The lowest BCUT2D eigenvalue weighted by Crippen LogP contribution is -2.33. The van der Waals surface area contributed by atoms with Crippen molar-refractivity contribution in [3.05, 3.63) is 64.7 Å². The summed E-state index contributed by atoms with van der Waals surface area (Å²) < 4.78 is 0. The molecule has 0 saturated heterocycles. The SMILES string of the molecule is CC(c1ccc(Cl)cc1)N(C)C(=O)CCC1Cc2ccccc2NC1=O. The van der Waals surface area contributed by atoms with Crippen molar-refractivity contribution in [2.45, 2.75) is 32.2 Å². The quantitative estimate of drug-likeness (QED) is 0.845. The van der Waals surface area contributed by atoms with Crippen molar-refractivity contribution in [1.29, 1.82) is 0 Å². The summed E-state index contributed by atoms with van der Waals surface area (Å²) in [5, 5.41) is 3.62. The topological polar surface area (TPSA) is 49.4 Å². The Morgan fingerprint density at radius 3 is 2.65 bits per heavy atom. The summed E-state index contributed by atoms with van der Waals surface area (Å²) in [4.78, 5) is 26.6. The third kappa shape index (κ3) is 4.07. The molecule has 0 saturated carbocycles. The Balaban J connectivity index is 1.58. The van der Waals surface area contributed by atoms with Gasteiger partial charge >= 0.3 is 0 Å². The Labute approximate surface area is 159 Å². The van der Waals surface area contributed by atoms with E-state index in [4.69, 9.17) is 11.6 Å². The van der Waals surface area contributed by atoms with E-state index in [2.05, 4.69) is 5.32 Å². The van der Waals surface area contributed by atoms with E-state index in [1.54, 1.807) is 11.9 Å². The molecule has 0 fully saturated rings. The van der Waals surface area contributed by atoms with Crippen LogP contribution in [0.1, 0.15) is 36.9 Å². The molecule has 3 rings (SSSR count). The van der Waals surface area contributed by atoms with Gasteiger partial charge in [-0.1, -0.05) is 41.9 Å². The van der Waals surface area contributed by atoms with E-state index in [9.17, 15) is 9.59 Å². The molecule has 0 spiro atoms. The molecule has 0 bridgehead atoms. The van der Waals surface area contributed by atoms with Crippen molar-refractivity contribution in [3.8, 4) is 0 Å². The van der Waals surface area contributed by atoms with E-state index in [0.717, 1.165) is 16.8 Å². The summed E-state index contributed by atoms with van der Waals surface area (Å²) in [7, 11) is 1.80. The molecule has 4 nitrogen and oxygen atoms in total. The summed E-state index contributed by atoms with van der Waals surface area (Å²) in [6.07, 6.45) is 1.59. The minimum Gasteiger partial charge on any atom is -0.339 e. The highest BCUT2D eigenvalue weighted by Crippen LogP contribution is 2.28. The maximum Gasteiger partial charge on any atom is 0.227 e. The highest BCUT2D eigenvalue weighted by atomic mass is 35.5. The first-order chi connectivity index (χ1) is 12.5. The minimum atomic E-state index is -0.159. The van der Waals surface area contributed by atoms with Crippen LogP contribution in [-0.2, 0) is 16.0 Å². The van der Waals surface area contributed by atoms with Gasteiger partial charge in [0.05, 0.1) is 6.04 Å². The van der Waals surface area contributed by atoms with Gasteiger partial charge in [0.1, 0.15) is 0 Å². The van der Waals surface area contributed by atoms with Gasteiger partial charge in [0.2, 0.25) is 11.8 Å². The number of benzene rings is 2. The molecular formula is C21H23ClN2O2. The molecule has 0 aliphatic carbocycles. The maximum atomic E-state index is 12.6. The number of nitrogens with zero attached hydrogens (tertiary/aromatic N) is 1. The Morgan fingerprint density at radius 2 is 1.92 bits per heavy atom. The second-order valence-electron chi connectivity index (χ2n) is 6.82. The van der Waals surface area contributed by atoms with Crippen LogP contribution >= 0.6 is 11.6 Å². The van der Waals surface area contributed by atoms with Crippen LogP contribution in [0.15, 0.2) is 48.5 Å². The fourth-order valence-electron chi connectivity index (χ4n) is 3.30. The molecule has 26 heavy (non-hydrogen) atoms. The summed E-state index contributed by atoms with van der Waals surface area (Å²) in [6, 6.07) is 15.3. The summed E-state index contributed by atoms with van der Waals surface area (Å²) >= 11 is 5.93. The van der Waals surface area contributed by atoms with Crippen molar-refractivity contribution in [2.24, 2.45) is 5.92 Å². The van der Waals surface area contributed by atoms with E-state index in [-0.39, 0.29) is 23.8 Å². The zero-order chi connectivity index (χ0) is 18.7. The summed E-state index contributed by atoms with van der Waals surface area (Å²) in [5.41, 5.74) is 3.05. The zero-order valence-electron chi connectivity index (χ0n) is 15.0. The molecule has 2 atom stereocenters. The van der Waals surface area contributed by atoms with E-state index in [1.165, 1.54) is 0 Å². The van der Waals surface area contributed by atoms with Crippen molar-refractivity contribution in [3.63, 3.8) is 0 Å². The lowest BCUT2D eigenvalue weighted by molar-refractivity contribution is -0.132. The monoisotopic (exact) mass is 370 g/mol. The predicted octanol–water partition coefficient (Wildman–Crippen LogP) is 4.45. The highest BCUT2D eigenvalue weighted by molar-refractivity contribution is 6.30. The van der Waals surface area contributed by atoms with Gasteiger partial charge in [-0.25, -0.2) is 0 Å². The van der Waals surface area contributed by atoms with Gasteiger partial charge in [0.15, 0.2) is 0 Å². The number of carbonyl (C=O) groups is 2. The Morgan fingerprint density at radius 1 is 1.23 bits per heavy atom. The number of carbonyl (C=O) groups excluding carboxylic acids is 2. The third-order valence-electron chi connectivity index (χ3n) is 5.15. The van der Waals surface area contributed by atoms with E-state index < -0.39 is 0 Å². The third-order valence-corrected chi connectivity index (χ3v) is 5.40. The molecule has 5 heteroatoms. The maximum absolute atomic E-state index is 12.6. The first kappa shape index (κ1) is 18.5. The number of anilines is 1. The van der Waals surface area contributed by atoms with Gasteiger partial charge < -0.3 is 10.2 Å².